The summed E-state index contributed by atoms with van der Waals surface area (Å²) in [6, 6.07) is 0. The molecule has 0 radical (unpaired) electrons. The van der Waals surface area contributed by atoms with E-state index in [2.05, 4.69) is 28.9 Å². The molecule has 0 saturated heterocycles. The third kappa shape index (κ3) is 1.59. The first-order valence-corrected chi connectivity index (χ1v) is 5.36. The highest BCUT2D eigenvalue weighted by atomic mass is 32.2. The van der Waals surface area contributed by atoms with Gasteiger partial charge in [-0.3, -0.25) is 4.68 Å². The van der Waals surface area contributed by atoms with E-state index in [-0.39, 0.29) is 0 Å². The number of aryl methyl sites for hydroxylation is 1. The van der Waals surface area contributed by atoms with Gasteiger partial charge in [-0.05, 0) is 0 Å². The van der Waals surface area contributed by atoms with Crippen molar-refractivity contribution in [3.05, 3.63) is 12.5 Å². The van der Waals surface area contributed by atoms with Crippen LogP contribution in [0, 0.1) is 0 Å². The molecule has 0 bridgehead atoms. The van der Waals surface area contributed by atoms with Crippen LogP contribution in [0.2, 0.25) is 0 Å². The maximum absolute atomic E-state index is 4.26. The van der Waals surface area contributed by atoms with Gasteiger partial charge in [0.15, 0.2) is 5.65 Å². The van der Waals surface area contributed by atoms with Crippen molar-refractivity contribution in [2.75, 3.05) is 0 Å². The first kappa shape index (κ1) is 9.45. The smallest absolute Gasteiger partial charge is 0.162 e. The summed E-state index contributed by atoms with van der Waals surface area (Å²) in [4.78, 5) is 8.44. The van der Waals surface area contributed by atoms with Gasteiger partial charge in [0.1, 0.15) is 11.4 Å². The Balaban J connectivity index is 2.54. The van der Waals surface area contributed by atoms with Gasteiger partial charge in [-0.25, -0.2) is 9.97 Å². The quantitative estimate of drug-likeness (QED) is 0.558. The van der Waals surface area contributed by atoms with E-state index in [1.807, 2.05) is 13.2 Å². The lowest BCUT2D eigenvalue weighted by Crippen LogP contribution is -1.94. The van der Waals surface area contributed by atoms with Gasteiger partial charge in [0.05, 0.1) is 11.6 Å². The second-order valence-corrected chi connectivity index (χ2v) is 4.92. The molecule has 2 heterocycles. The molecule has 2 rings (SSSR count). The zero-order chi connectivity index (χ0) is 10.1. The second-order valence-electron chi connectivity index (χ2n) is 3.35. The van der Waals surface area contributed by atoms with E-state index >= 15 is 0 Å². The Hall–Kier alpha value is -1.10. The van der Waals surface area contributed by atoms with E-state index in [0.29, 0.717) is 5.25 Å². The predicted molar refractivity (Wildman–Crippen MR) is 57.3 cm³/mol. The molecule has 0 aromatic carbocycles. The highest BCUT2D eigenvalue weighted by Crippen LogP contribution is 2.26. The molecule has 0 aliphatic carbocycles. The summed E-state index contributed by atoms with van der Waals surface area (Å²) in [5.41, 5.74) is 0.892. The molecule has 4 nitrogen and oxygen atoms in total. The lowest BCUT2D eigenvalue weighted by atomic mass is 10.4. The van der Waals surface area contributed by atoms with Gasteiger partial charge in [-0.2, -0.15) is 5.10 Å². The normalized spacial score (nSPS) is 11.4. The zero-order valence-electron chi connectivity index (χ0n) is 8.43. The summed E-state index contributed by atoms with van der Waals surface area (Å²) < 4.78 is 1.77. The molecule has 2 aromatic heterocycles. The summed E-state index contributed by atoms with van der Waals surface area (Å²) in [6.45, 7) is 4.30. The maximum Gasteiger partial charge on any atom is 0.162 e. The van der Waals surface area contributed by atoms with Crippen molar-refractivity contribution in [3.8, 4) is 0 Å². The third-order valence-electron chi connectivity index (χ3n) is 1.84. The van der Waals surface area contributed by atoms with E-state index in [9.17, 15) is 0 Å². The number of fused-ring (bicyclic) bond motifs is 1. The third-order valence-corrected chi connectivity index (χ3v) is 2.86. The number of thioether (sulfide) groups is 1. The minimum atomic E-state index is 0.522. The van der Waals surface area contributed by atoms with Crippen molar-refractivity contribution in [2.24, 2.45) is 7.05 Å². The highest BCUT2D eigenvalue weighted by molar-refractivity contribution is 8.00. The zero-order valence-corrected chi connectivity index (χ0v) is 9.25. The van der Waals surface area contributed by atoms with Crippen LogP contribution in [0.1, 0.15) is 13.8 Å². The Morgan fingerprint density at radius 1 is 1.36 bits per heavy atom. The van der Waals surface area contributed by atoms with Gasteiger partial charge in [-0.1, -0.05) is 13.8 Å². The summed E-state index contributed by atoms with van der Waals surface area (Å²) in [5.74, 6) is 0. The van der Waals surface area contributed by atoms with E-state index in [0.717, 1.165) is 16.1 Å². The number of hydrogen-bond acceptors (Lipinski definition) is 4. The van der Waals surface area contributed by atoms with E-state index in [1.165, 1.54) is 0 Å². The Labute approximate surface area is 86.7 Å². The van der Waals surface area contributed by atoms with Crippen LogP contribution in [0.4, 0.5) is 0 Å². The molecule has 0 N–H and O–H groups in total. The molecule has 0 atom stereocenters. The molecule has 0 spiro atoms. The summed E-state index contributed by atoms with van der Waals surface area (Å²) >= 11 is 1.74. The Kier molecular flexibility index (Phi) is 2.41. The van der Waals surface area contributed by atoms with Crippen molar-refractivity contribution in [3.63, 3.8) is 0 Å². The van der Waals surface area contributed by atoms with Crippen LogP contribution in [0.5, 0.6) is 0 Å². The Morgan fingerprint density at radius 2 is 2.14 bits per heavy atom. The van der Waals surface area contributed by atoms with Crippen LogP contribution in [0.3, 0.4) is 0 Å². The molecule has 2 aromatic rings. The summed E-state index contributed by atoms with van der Waals surface area (Å²) in [7, 11) is 1.89. The van der Waals surface area contributed by atoms with Crippen LogP contribution < -0.4 is 0 Å². The highest BCUT2D eigenvalue weighted by Gasteiger charge is 2.09. The number of hydrogen-bond donors (Lipinski definition) is 0. The Bertz CT molecular complexity index is 449. The topological polar surface area (TPSA) is 43.6 Å². The van der Waals surface area contributed by atoms with Crippen LogP contribution in [-0.2, 0) is 7.05 Å². The summed E-state index contributed by atoms with van der Waals surface area (Å²) in [6.07, 6.45) is 3.41. The minimum absolute atomic E-state index is 0.522. The fourth-order valence-corrected chi connectivity index (χ4v) is 2.08. The van der Waals surface area contributed by atoms with Crippen molar-refractivity contribution < 1.29 is 0 Å². The standard InChI is InChI=1S/C9H12N4S/c1-6(2)14-9-7-4-12-13(3)8(7)10-5-11-9/h4-6H,1-3H3. The molecule has 5 heteroatoms. The first-order valence-electron chi connectivity index (χ1n) is 4.48. The van der Waals surface area contributed by atoms with Crippen molar-refractivity contribution >= 4 is 22.8 Å². The SMILES string of the molecule is CC(C)Sc1ncnc2c1cnn2C. The molecular formula is C9H12N4S. The van der Waals surface area contributed by atoms with Gasteiger partial charge in [-0.15, -0.1) is 11.8 Å². The van der Waals surface area contributed by atoms with Crippen molar-refractivity contribution in [1.82, 2.24) is 19.7 Å². The fourth-order valence-electron chi connectivity index (χ4n) is 1.26. The lowest BCUT2D eigenvalue weighted by Gasteiger charge is -2.03. The fraction of sp³-hybridized carbons (Fsp3) is 0.444. The summed E-state index contributed by atoms with van der Waals surface area (Å²) in [5, 5.41) is 6.73. The number of nitrogens with zero attached hydrogens (tertiary/aromatic N) is 4. The first-order chi connectivity index (χ1) is 6.68. The Morgan fingerprint density at radius 3 is 2.86 bits per heavy atom. The lowest BCUT2D eigenvalue weighted by molar-refractivity contribution is 0.784. The van der Waals surface area contributed by atoms with Crippen molar-refractivity contribution in [2.45, 2.75) is 24.1 Å². The van der Waals surface area contributed by atoms with E-state index in [1.54, 1.807) is 22.8 Å². The molecule has 0 unspecified atom stereocenters. The molecule has 74 valence electrons. The van der Waals surface area contributed by atoms with Crippen LogP contribution in [0.25, 0.3) is 11.0 Å². The van der Waals surface area contributed by atoms with Gasteiger partial charge in [0.2, 0.25) is 0 Å². The number of rotatable bonds is 2. The van der Waals surface area contributed by atoms with Crippen molar-refractivity contribution in [1.29, 1.82) is 0 Å². The average Bonchev–Trinajstić information content (AvgIpc) is 2.49. The van der Waals surface area contributed by atoms with Gasteiger partial charge in [0.25, 0.3) is 0 Å². The predicted octanol–water partition coefficient (Wildman–Crippen LogP) is 1.86. The van der Waals surface area contributed by atoms with Crippen LogP contribution in [-0.4, -0.2) is 25.0 Å². The molecule has 0 aliphatic rings. The molecule has 14 heavy (non-hydrogen) atoms. The molecular weight excluding hydrogens is 196 g/mol. The second kappa shape index (κ2) is 3.57. The van der Waals surface area contributed by atoms with Gasteiger partial charge >= 0.3 is 0 Å². The minimum Gasteiger partial charge on any atom is -0.250 e. The largest absolute Gasteiger partial charge is 0.250 e. The monoisotopic (exact) mass is 208 g/mol. The van der Waals surface area contributed by atoms with Gasteiger partial charge in [0, 0.05) is 12.3 Å². The van der Waals surface area contributed by atoms with Crippen LogP contribution in [0.15, 0.2) is 17.6 Å². The molecule has 0 saturated carbocycles. The van der Waals surface area contributed by atoms with Gasteiger partial charge < -0.3 is 0 Å². The average molecular weight is 208 g/mol. The van der Waals surface area contributed by atoms with Crippen LogP contribution >= 0.6 is 11.8 Å². The number of aromatic nitrogens is 4. The van der Waals surface area contributed by atoms with E-state index in [4.69, 9.17) is 0 Å². The molecule has 0 amide bonds. The maximum atomic E-state index is 4.26. The molecule has 0 fully saturated rings. The van der Waals surface area contributed by atoms with E-state index < -0.39 is 0 Å². The molecule has 0 aliphatic heterocycles.